The van der Waals surface area contributed by atoms with Crippen molar-refractivity contribution in [3.63, 3.8) is 0 Å². The molecule has 24 heavy (non-hydrogen) atoms. The molecule has 3 rings (SSSR count). The van der Waals surface area contributed by atoms with E-state index >= 15 is 0 Å². The van der Waals surface area contributed by atoms with E-state index < -0.39 is 0 Å². The smallest absolute Gasteiger partial charge is 0.268 e. The van der Waals surface area contributed by atoms with Gasteiger partial charge in [-0.05, 0) is 49.7 Å². The van der Waals surface area contributed by atoms with E-state index in [1.165, 1.54) is 11.3 Å². The lowest BCUT2D eigenvalue weighted by Gasteiger charge is -2.03. The number of aromatic nitrogens is 2. The highest BCUT2D eigenvalue weighted by Crippen LogP contribution is 2.29. The molecule has 2 aromatic heterocycles. The minimum Gasteiger partial charge on any atom is -0.497 e. The lowest BCUT2D eigenvalue weighted by Crippen LogP contribution is -2.12. The van der Waals surface area contributed by atoms with E-state index in [1.807, 2.05) is 44.2 Å². The monoisotopic (exact) mass is 339 g/mol. The van der Waals surface area contributed by atoms with Crippen LogP contribution < -0.4 is 10.1 Å². The third kappa shape index (κ3) is 3.44. The molecule has 0 aliphatic rings. The molecule has 0 saturated heterocycles. The van der Waals surface area contributed by atoms with E-state index in [9.17, 15) is 4.79 Å². The summed E-state index contributed by atoms with van der Waals surface area (Å²) in [6.07, 6.45) is 1.72. The SMILES string of the molecule is COc1ccc(-c2nc(C)c(C(=O)Nc3ccc(C)cn3)s2)cc1. The van der Waals surface area contributed by atoms with E-state index in [2.05, 4.69) is 15.3 Å². The Labute approximate surface area is 144 Å². The third-order valence-corrected chi connectivity index (χ3v) is 4.70. The normalized spacial score (nSPS) is 10.5. The zero-order valence-electron chi connectivity index (χ0n) is 13.7. The number of hydrogen-bond donors (Lipinski definition) is 1. The summed E-state index contributed by atoms with van der Waals surface area (Å²) >= 11 is 1.36. The van der Waals surface area contributed by atoms with Crippen LogP contribution in [0.3, 0.4) is 0 Å². The molecule has 0 radical (unpaired) electrons. The van der Waals surface area contributed by atoms with Gasteiger partial charge in [-0.1, -0.05) is 6.07 Å². The highest BCUT2D eigenvalue weighted by Gasteiger charge is 2.16. The van der Waals surface area contributed by atoms with Crippen molar-refractivity contribution < 1.29 is 9.53 Å². The number of amides is 1. The number of pyridine rings is 1. The second kappa shape index (κ2) is 6.80. The predicted octanol–water partition coefficient (Wildman–Crippen LogP) is 4.08. The average Bonchev–Trinajstić information content (AvgIpc) is 2.99. The molecule has 0 saturated carbocycles. The van der Waals surface area contributed by atoms with Crippen LogP contribution in [0.4, 0.5) is 5.82 Å². The highest BCUT2D eigenvalue weighted by atomic mass is 32.1. The van der Waals surface area contributed by atoms with Crippen molar-refractivity contribution in [1.82, 2.24) is 9.97 Å². The molecular formula is C18H17N3O2S. The molecule has 3 aromatic rings. The molecule has 1 amide bonds. The number of anilines is 1. The Balaban J connectivity index is 1.82. The molecule has 0 bridgehead atoms. The van der Waals surface area contributed by atoms with Crippen molar-refractivity contribution >= 4 is 23.1 Å². The predicted molar refractivity (Wildman–Crippen MR) is 95.8 cm³/mol. The minimum absolute atomic E-state index is 0.193. The molecule has 2 heterocycles. The van der Waals surface area contributed by atoms with E-state index in [4.69, 9.17) is 4.74 Å². The first-order chi connectivity index (χ1) is 11.6. The number of benzene rings is 1. The number of aryl methyl sites for hydroxylation is 2. The van der Waals surface area contributed by atoms with Crippen LogP contribution >= 0.6 is 11.3 Å². The Kier molecular flexibility index (Phi) is 4.57. The van der Waals surface area contributed by atoms with E-state index in [1.54, 1.807) is 19.4 Å². The summed E-state index contributed by atoms with van der Waals surface area (Å²) < 4.78 is 5.16. The summed E-state index contributed by atoms with van der Waals surface area (Å²) in [7, 11) is 1.63. The number of carbonyl (C=O) groups excluding carboxylic acids is 1. The molecule has 1 aromatic carbocycles. The summed E-state index contributed by atoms with van der Waals surface area (Å²) in [5, 5.41) is 3.61. The second-order valence-corrected chi connectivity index (χ2v) is 6.34. The van der Waals surface area contributed by atoms with Gasteiger partial charge in [0.2, 0.25) is 0 Å². The quantitative estimate of drug-likeness (QED) is 0.778. The molecule has 0 spiro atoms. The van der Waals surface area contributed by atoms with Gasteiger partial charge in [-0.15, -0.1) is 11.3 Å². The van der Waals surface area contributed by atoms with Crippen LogP contribution in [-0.4, -0.2) is 23.0 Å². The Morgan fingerprint density at radius 1 is 1.12 bits per heavy atom. The van der Waals surface area contributed by atoms with Gasteiger partial charge in [0.05, 0.1) is 12.8 Å². The van der Waals surface area contributed by atoms with E-state index in [0.717, 1.165) is 21.9 Å². The van der Waals surface area contributed by atoms with E-state index in [0.29, 0.717) is 16.4 Å². The van der Waals surface area contributed by atoms with Gasteiger partial charge in [0.1, 0.15) is 21.5 Å². The van der Waals surface area contributed by atoms with Crippen LogP contribution in [-0.2, 0) is 0 Å². The van der Waals surface area contributed by atoms with E-state index in [-0.39, 0.29) is 5.91 Å². The lowest BCUT2D eigenvalue weighted by molar-refractivity contribution is 0.102. The molecule has 122 valence electrons. The van der Waals surface area contributed by atoms with Crippen LogP contribution in [0.1, 0.15) is 20.9 Å². The van der Waals surface area contributed by atoms with Gasteiger partial charge in [-0.2, -0.15) is 0 Å². The topological polar surface area (TPSA) is 64.1 Å². The molecule has 5 nitrogen and oxygen atoms in total. The van der Waals surface area contributed by atoms with Crippen molar-refractivity contribution in [2.45, 2.75) is 13.8 Å². The molecule has 0 aliphatic carbocycles. The molecule has 0 aliphatic heterocycles. The Morgan fingerprint density at radius 3 is 2.50 bits per heavy atom. The first-order valence-corrected chi connectivity index (χ1v) is 8.24. The van der Waals surface area contributed by atoms with Gasteiger partial charge in [-0.25, -0.2) is 9.97 Å². The molecular weight excluding hydrogens is 322 g/mol. The molecule has 0 unspecified atom stereocenters. The summed E-state index contributed by atoms with van der Waals surface area (Å²) in [6, 6.07) is 11.3. The van der Waals surface area contributed by atoms with Crippen LogP contribution in [0.5, 0.6) is 5.75 Å². The van der Waals surface area contributed by atoms with Crippen LogP contribution in [0, 0.1) is 13.8 Å². The summed E-state index contributed by atoms with van der Waals surface area (Å²) in [5.74, 6) is 1.13. The molecule has 0 atom stereocenters. The minimum atomic E-state index is -0.193. The number of thiazole rings is 1. The zero-order valence-corrected chi connectivity index (χ0v) is 14.5. The lowest BCUT2D eigenvalue weighted by atomic mass is 10.2. The number of rotatable bonds is 4. The van der Waals surface area contributed by atoms with Crippen molar-refractivity contribution in [3.8, 4) is 16.3 Å². The van der Waals surface area contributed by atoms with Crippen molar-refractivity contribution in [2.75, 3.05) is 12.4 Å². The van der Waals surface area contributed by atoms with Gasteiger partial charge in [0.15, 0.2) is 0 Å². The van der Waals surface area contributed by atoms with Crippen LogP contribution in [0.25, 0.3) is 10.6 Å². The van der Waals surface area contributed by atoms with Gasteiger partial charge >= 0.3 is 0 Å². The van der Waals surface area contributed by atoms with Crippen molar-refractivity contribution in [2.24, 2.45) is 0 Å². The Morgan fingerprint density at radius 2 is 1.88 bits per heavy atom. The summed E-state index contributed by atoms with van der Waals surface area (Å²) in [4.78, 5) is 21.8. The van der Waals surface area contributed by atoms with Crippen molar-refractivity contribution in [1.29, 1.82) is 0 Å². The van der Waals surface area contributed by atoms with Gasteiger partial charge < -0.3 is 10.1 Å². The number of nitrogens with zero attached hydrogens (tertiary/aromatic N) is 2. The van der Waals surface area contributed by atoms with Crippen molar-refractivity contribution in [3.05, 3.63) is 58.7 Å². The molecule has 1 N–H and O–H groups in total. The number of carbonyl (C=O) groups is 1. The maximum Gasteiger partial charge on any atom is 0.268 e. The maximum atomic E-state index is 12.5. The number of nitrogens with one attached hydrogen (secondary N) is 1. The third-order valence-electron chi connectivity index (χ3n) is 3.49. The fourth-order valence-corrected chi connectivity index (χ4v) is 3.15. The average molecular weight is 339 g/mol. The fraction of sp³-hybridized carbons (Fsp3) is 0.167. The largest absolute Gasteiger partial charge is 0.497 e. The van der Waals surface area contributed by atoms with Gasteiger partial charge in [0.25, 0.3) is 5.91 Å². The zero-order chi connectivity index (χ0) is 17.1. The first-order valence-electron chi connectivity index (χ1n) is 7.42. The Hall–Kier alpha value is -2.73. The fourth-order valence-electron chi connectivity index (χ4n) is 2.18. The number of ether oxygens (including phenoxy) is 1. The Bertz CT molecular complexity index is 855. The standard InChI is InChI=1S/C18H17N3O2S/c1-11-4-9-15(19-10-11)21-17(22)16-12(2)20-18(24-16)13-5-7-14(23-3)8-6-13/h4-10H,1-3H3,(H,19,21,22). The van der Waals surface area contributed by atoms with Crippen LogP contribution in [0.15, 0.2) is 42.6 Å². The summed E-state index contributed by atoms with van der Waals surface area (Å²) in [5.41, 5.74) is 2.70. The molecule has 0 fully saturated rings. The van der Waals surface area contributed by atoms with Crippen LogP contribution in [0.2, 0.25) is 0 Å². The highest BCUT2D eigenvalue weighted by molar-refractivity contribution is 7.17. The van der Waals surface area contributed by atoms with Gasteiger partial charge in [-0.3, -0.25) is 4.79 Å². The maximum absolute atomic E-state index is 12.5. The second-order valence-electron chi connectivity index (χ2n) is 5.34. The molecule has 6 heteroatoms. The number of hydrogen-bond acceptors (Lipinski definition) is 5. The summed E-state index contributed by atoms with van der Waals surface area (Å²) in [6.45, 7) is 3.79. The van der Waals surface area contributed by atoms with Gasteiger partial charge in [0, 0.05) is 11.8 Å². The number of methoxy groups -OCH3 is 1. The first kappa shape index (κ1) is 16.1.